The highest BCUT2D eigenvalue weighted by molar-refractivity contribution is 6.01. The maximum atomic E-state index is 12.3. The molecule has 6 nitrogen and oxygen atoms in total. The Hall–Kier alpha value is -1.85. The summed E-state index contributed by atoms with van der Waals surface area (Å²) in [5.41, 5.74) is -1.04. The minimum Gasteiger partial charge on any atom is -0.465 e. The van der Waals surface area contributed by atoms with Crippen LogP contribution in [0.1, 0.15) is 33.1 Å². The van der Waals surface area contributed by atoms with Gasteiger partial charge in [0.15, 0.2) is 5.41 Å². The van der Waals surface area contributed by atoms with E-state index in [2.05, 4.69) is 6.58 Å². The second-order valence-electron chi connectivity index (χ2n) is 5.34. The number of ether oxygens (including phenoxy) is 3. The van der Waals surface area contributed by atoms with Crippen molar-refractivity contribution in [2.45, 2.75) is 39.2 Å². The van der Waals surface area contributed by atoms with Gasteiger partial charge < -0.3 is 14.2 Å². The van der Waals surface area contributed by atoms with E-state index in [1.54, 1.807) is 13.8 Å². The van der Waals surface area contributed by atoms with Crippen LogP contribution >= 0.6 is 0 Å². The van der Waals surface area contributed by atoms with Crippen LogP contribution in [0.3, 0.4) is 0 Å². The van der Waals surface area contributed by atoms with Gasteiger partial charge in [-0.3, -0.25) is 9.59 Å². The number of hydrogen-bond donors (Lipinski definition) is 0. The monoisotopic (exact) mass is 296 g/mol. The molecule has 0 aromatic heterocycles. The summed E-state index contributed by atoms with van der Waals surface area (Å²) in [6.45, 7) is 7.46. The van der Waals surface area contributed by atoms with Crippen LogP contribution in [-0.4, -0.2) is 37.2 Å². The standard InChI is InChI=1S/C15H20O6/c1-4-19-13(17)15(14(18)20-5-2)7-6-11-10(8-15)9(3)12(16)21-11/h10-11H,3-8H2,1-2H3. The summed E-state index contributed by atoms with van der Waals surface area (Å²) >= 11 is 0. The first kappa shape index (κ1) is 15.5. The fraction of sp³-hybridized carbons (Fsp3) is 0.667. The summed E-state index contributed by atoms with van der Waals surface area (Å²) in [6.07, 6.45) is 0.529. The van der Waals surface area contributed by atoms with Crippen LogP contribution in [0.4, 0.5) is 0 Å². The fourth-order valence-corrected chi connectivity index (χ4v) is 3.04. The van der Waals surface area contributed by atoms with E-state index in [0.29, 0.717) is 12.0 Å². The van der Waals surface area contributed by atoms with Gasteiger partial charge in [-0.25, -0.2) is 4.79 Å². The average Bonchev–Trinajstić information content (AvgIpc) is 2.74. The number of rotatable bonds is 4. The number of hydrogen-bond acceptors (Lipinski definition) is 6. The Bertz CT molecular complexity index is 463. The summed E-state index contributed by atoms with van der Waals surface area (Å²) in [7, 11) is 0. The van der Waals surface area contributed by atoms with E-state index in [1.807, 2.05) is 0 Å². The fourth-order valence-electron chi connectivity index (χ4n) is 3.04. The minimum absolute atomic E-state index is 0.153. The van der Waals surface area contributed by atoms with Crippen LogP contribution in [0.2, 0.25) is 0 Å². The molecule has 2 unspecified atom stereocenters. The molecule has 1 saturated heterocycles. The first-order valence-electron chi connectivity index (χ1n) is 7.20. The second kappa shape index (κ2) is 5.87. The van der Waals surface area contributed by atoms with Crippen molar-refractivity contribution < 1.29 is 28.6 Å². The van der Waals surface area contributed by atoms with Gasteiger partial charge in [0.25, 0.3) is 0 Å². The van der Waals surface area contributed by atoms with Gasteiger partial charge in [0.2, 0.25) is 0 Å². The highest BCUT2D eigenvalue weighted by Gasteiger charge is 2.57. The molecule has 1 aliphatic heterocycles. The van der Waals surface area contributed by atoms with E-state index >= 15 is 0 Å². The quantitative estimate of drug-likeness (QED) is 0.337. The van der Waals surface area contributed by atoms with Crippen LogP contribution < -0.4 is 0 Å². The second-order valence-corrected chi connectivity index (χ2v) is 5.34. The van der Waals surface area contributed by atoms with Crippen molar-refractivity contribution in [2.24, 2.45) is 11.3 Å². The third kappa shape index (κ3) is 2.54. The molecule has 0 radical (unpaired) electrons. The number of fused-ring (bicyclic) bond motifs is 1. The SMILES string of the molecule is C=C1C(=O)OC2CCC(C(=O)OCC)(C(=O)OCC)CC12. The molecule has 0 aromatic rings. The Labute approximate surface area is 123 Å². The molecule has 0 N–H and O–H groups in total. The number of carbonyl (C=O) groups excluding carboxylic acids is 3. The maximum absolute atomic E-state index is 12.3. The zero-order chi connectivity index (χ0) is 15.6. The zero-order valence-electron chi connectivity index (χ0n) is 12.3. The van der Waals surface area contributed by atoms with E-state index in [4.69, 9.17) is 14.2 Å². The molecule has 2 atom stereocenters. The summed E-state index contributed by atoms with van der Waals surface area (Å²) in [5, 5.41) is 0. The summed E-state index contributed by atoms with van der Waals surface area (Å²) in [5.74, 6) is -1.96. The number of esters is 3. The molecule has 2 fully saturated rings. The Morgan fingerprint density at radius 1 is 1.29 bits per heavy atom. The van der Waals surface area contributed by atoms with Crippen molar-refractivity contribution in [3.63, 3.8) is 0 Å². The van der Waals surface area contributed by atoms with Crippen molar-refractivity contribution in [3.05, 3.63) is 12.2 Å². The summed E-state index contributed by atoms with van der Waals surface area (Å²) in [4.78, 5) is 36.3. The molecule has 0 amide bonds. The molecular formula is C15H20O6. The van der Waals surface area contributed by atoms with Crippen molar-refractivity contribution >= 4 is 17.9 Å². The predicted octanol–water partition coefficient (Wildman–Crippen LogP) is 1.38. The highest BCUT2D eigenvalue weighted by Crippen LogP contribution is 2.48. The normalized spacial score (nSPS) is 26.8. The molecule has 6 heteroatoms. The molecule has 0 aromatic carbocycles. The molecule has 0 spiro atoms. The van der Waals surface area contributed by atoms with E-state index in [1.165, 1.54) is 0 Å². The van der Waals surface area contributed by atoms with Gasteiger partial charge in [-0.05, 0) is 33.1 Å². The van der Waals surface area contributed by atoms with Crippen LogP contribution in [0.15, 0.2) is 12.2 Å². The lowest BCUT2D eigenvalue weighted by Crippen LogP contribution is -2.48. The number of carbonyl (C=O) groups is 3. The van der Waals surface area contributed by atoms with Crippen LogP contribution in [-0.2, 0) is 28.6 Å². The smallest absolute Gasteiger partial charge is 0.334 e. The maximum Gasteiger partial charge on any atom is 0.334 e. The van der Waals surface area contributed by atoms with Gasteiger partial charge in [-0.2, -0.15) is 0 Å². The van der Waals surface area contributed by atoms with Gasteiger partial charge in [0.1, 0.15) is 6.10 Å². The molecular weight excluding hydrogens is 276 g/mol. The molecule has 1 saturated carbocycles. The third-order valence-corrected chi connectivity index (χ3v) is 4.17. The summed E-state index contributed by atoms with van der Waals surface area (Å²) < 4.78 is 15.3. The minimum atomic E-state index is -1.36. The lowest BCUT2D eigenvalue weighted by Gasteiger charge is -2.37. The molecule has 116 valence electrons. The topological polar surface area (TPSA) is 78.9 Å². The zero-order valence-corrected chi connectivity index (χ0v) is 12.3. The largest absolute Gasteiger partial charge is 0.465 e. The lowest BCUT2D eigenvalue weighted by molar-refractivity contribution is -0.177. The Kier molecular flexibility index (Phi) is 4.34. The van der Waals surface area contributed by atoms with Crippen LogP contribution in [0, 0.1) is 11.3 Å². The van der Waals surface area contributed by atoms with Gasteiger partial charge in [-0.15, -0.1) is 0 Å². The Morgan fingerprint density at radius 3 is 2.38 bits per heavy atom. The van der Waals surface area contributed by atoms with E-state index < -0.39 is 23.3 Å². The average molecular weight is 296 g/mol. The van der Waals surface area contributed by atoms with Gasteiger partial charge >= 0.3 is 17.9 Å². The predicted molar refractivity (Wildman–Crippen MR) is 72.1 cm³/mol. The molecule has 1 heterocycles. The molecule has 2 aliphatic rings. The molecule has 0 bridgehead atoms. The molecule has 1 aliphatic carbocycles. The first-order chi connectivity index (χ1) is 9.96. The van der Waals surface area contributed by atoms with Crippen molar-refractivity contribution in [1.29, 1.82) is 0 Å². The van der Waals surface area contributed by atoms with E-state index in [-0.39, 0.29) is 38.1 Å². The molecule has 21 heavy (non-hydrogen) atoms. The Balaban J connectivity index is 2.29. The Morgan fingerprint density at radius 2 is 1.86 bits per heavy atom. The van der Waals surface area contributed by atoms with Gasteiger partial charge in [-0.1, -0.05) is 6.58 Å². The van der Waals surface area contributed by atoms with Crippen molar-refractivity contribution in [3.8, 4) is 0 Å². The lowest BCUT2D eigenvalue weighted by atomic mass is 9.67. The molecule has 2 rings (SSSR count). The highest BCUT2D eigenvalue weighted by atomic mass is 16.6. The van der Waals surface area contributed by atoms with Gasteiger partial charge in [0.05, 0.1) is 13.2 Å². The summed E-state index contributed by atoms with van der Waals surface area (Å²) in [6, 6.07) is 0. The van der Waals surface area contributed by atoms with E-state index in [0.717, 1.165) is 0 Å². The third-order valence-electron chi connectivity index (χ3n) is 4.17. The van der Waals surface area contributed by atoms with Crippen LogP contribution in [0.25, 0.3) is 0 Å². The first-order valence-corrected chi connectivity index (χ1v) is 7.20. The van der Waals surface area contributed by atoms with E-state index in [9.17, 15) is 14.4 Å². The van der Waals surface area contributed by atoms with Gasteiger partial charge in [0, 0.05) is 11.5 Å². The van der Waals surface area contributed by atoms with Crippen molar-refractivity contribution in [2.75, 3.05) is 13.2 Å². The van der Waals surface area contributed by atoms with Crippen LogP contribution in [0.5, 0.6) is 0 Å². The van der Waals surface area contributed by atoms with Crippen molar-refractivity contribution in [1.82, 2.24) is 0 Å².